The van der Waals surface area contributed by atoms with E-state index in [0.717, 1.165) is 46.2 Å². The Balaban J connectivity index is 1.35. The van der Waals surface area contributed by atoms with Gasteiger partial charge in [-0.15, -0.1) is 0 Å². The van der Waals surface area contributed by atoms with Crippen molar-refractivity contribution in [2.75, 3.05) is 13.7 Å². The number of benzene rings is 3. The summed E-state index contributed by atoms with van der Waals surface area (Å²) in [5.74, 6) is 0.735. The number of ether oxygens (including phenoxy) is 3. The molecule has 0 N–H and O–H groups in total. The Labute approximate surface area is 199 Å². The molecule has 3 aromatic carbocycles. The highest BCUT2D eigenvalue weighted by atomic mass is 16.5. The van der Waals surface area contributed by atoms with Gasteiger partial charge in [-0.2, -0.15) is 0 Å². The third-order valence-electron chi connectivity index (χ3n) is 6.45. The molecule has 2 unspecified atom stereocenters. The van der Waals surface area contributed by atoms with Crippen LogP contribution in [0.2, 0.25) is 0 Å². The summed E-state index contributed by atoms with van der Waals surface area (Å²) in [5, 5.41) is 1.01. The molecule has 5 heteroatoms. The number of nitrogens with zero attached hydrogens (tertiary/aromatic N) is 1. The Morgan fingerprint density at radius 1 is 0.941 bits per heavy atom. The first-order valence-electron chi connectivity index (χ1n) is 11.7. The average molecular weight is 456 g/mol. The molecule has 5 rings (SSSR count). The van der Waals surface area contributed by atoms with Crippen LogP contribution in [0, 0.1) is 0 Å². The standard InChI is InChI=1S/C29H29NO4/c1-32-25-14-15-33-28(18-25)24-9-5-8-22(16-24)20-34-26-12-10-23-11-13-29(31)30(27(23)17-26)19-21-6-3-2-4-7-21/h2-13,16-17,25,28H,14-15,18-20H2,1H3. The Kier molecular flexibility index (Phi) is 6.74. The fourth-order valence-electron chi connectivity index (χ4n) is 4.55. The van der Waals surface area contributed by atoms with Gasteiger partial charge >= 0.3 is 0 Å². The van der Waals surface area contributed by atoms with E-state index in [1.807, 2.05) is 60.7 Å². The summed E-state index contributed by atoms with van der Waals surface area (Å²) >= 11 is 0. The van der Waals surface area contributed by atoms with Crippen LogP contribution in [0.1, 0.15) is 35.6 Å². The largest absolute Gasteiger partial charge is 0.489 e. The topological polar surface area (TPSA) is 49.7 Å². The molecule has 0 amide bonds. The molecule has 5 nitrogen and oxygen atoms in total. The van der Waals surface area contributed by atoms with E-state index < -0.39 is 0 Å². The number of fused-ring (bicyclic) bond motifs is 1. The molecule has 0 spiro atoms. The highest BCUT2D eigenvalue weighted by Gasteiger charge is 2.23. The number of pyridine rings is 1. The molecule has 0 saturated carbocycles. The molecular formula is C29H29NO4. The van der Waals surface area contributed by atoms with Gasteiger partial charge in [0, 0.05) is 32.3 Å². The lowest BCUT2D eigenvalue weighted by molar-refractivity contribution is -0.0599. The molecule has 2 heterocycles. The van der Waals surface area contributed by atoms with Crippen molar-refractivity contribution in [1.29, 1.82) is 0 Å². The second kappa shape index (κ2) is 10.2. The summed E-state index contributed by atoms with van der Waals surface area (Å²) < 4.78 is 19.5. The van der Waals surface area contributed by atoms with Gasteiger partial charge in [-0.1, -0.05) is 48.5 Å². The molecule has 0 bridgehead atoms. The molecule has 1 aliphatic rings. The van der Waals surface area contributed by atoms with E-state index in [2.05, 4.69) is 18.2 Å². The monoisotopic (exact) mass is 455 g/mol. The molecule has 4 aromatic rings. The maximum Gasteiger partial charge on any atom is 0.251 e. The summed E-state index contributed by atoms with van der Waals surface area (Å²) in [4.78, 5) is 12.7. The first kappa shape index (κ1) is 22.4. The fourth-order valence-corrected chi connectivity index (χ4v) is 4.55. The zero-order valence-corrected chi connectivity index (χ0v) is 19.4. The van der Waals surface area contributed by atoms with Crippen molar-refractivity contribution < 1.29 is 14.2 Å². The summed E-state index contributed by atoms with van der Waals surface area (Å²) in [7, 11) is 1.76. The number of rotatable bonds is 7. The summed E-state index contributed by atoms with van der Waals surface area (Å²) in [5.41, 5.74) is 4.15. The lowest BCUT2D eigenvalue weighted by atomic mass is 9.98. The van der Waals surface area contributed by atoms with Gasteiger partial charge in [-0.25, -0.2) is 0 Å². The first-order chi connectivity index (χ1) is 16.7. The zero-order chi connectivity index (χ0) is 23.3. The van der Waals surface area contributed by atoms with Crippen LogP contribution < -0.4 is 10.3 Å². The van der Waals surface area contributed by atoms with Gasteiger partial charge in [0.25, 0.3) is 5.56 Å². The van der Waals surface area contributed by atoms with Gasteiger partial charge in [0.05, 0.1) is 24.3 Å². The van der Waals surface area contributed by atoms with E-state index in [9.17, 15) is 4.79 Å². The van der Waals surface area contributed by atoms with Crippen molar-refractivity contribution in [2.24, 2.45) is 0 Å². The molecule has 174 valence electrons. The third-order valence-corrected chi connectivity index (χ3v) is 6.45. The van der Waals surface area contributed by atoms with Gasteiger partial charge < -0.3 is 18.8 Å². The lowest BCUT2D eigenvalue weighted by Gasteiger charge is -2.29. The Hall–Kier alpha value is -3.41. The molecule has 1 saturated heterocycles. The molecule has 1 fully saturated rings. The smallest absolute Gasteiger partial charge is 0.251 e. The number of aromatic nitrogens is 1. The molecule has 0 radical (unpaired) electrons. The van der Waals surface area contributed by atoms with Crippen LogP contribution >= 0.6 is 0 Å². The van der Waals surface area contributed by atoms with Crippen LogP contribution in [0.4, 0.5) is 0 Å². The zero-order valence-electron chi connectivity index (χ0n) is 19.4. The first-order valence-corrected chi connectivity index (χ1v) is 11.7. The van der Waals surface area contributed by atoms with Gasteiger partial charge in [0.1, 0.15) is 12.4 Å². The van der Waals surface area contributed by atoms with Crippen LogP contribution in [-0.2, 0) is 22.6 Å². The normalized spacial score (nSPS) is 18.1. The van der Waals surface area contributed by atoms with E-state index in [1.165, 1.54) is 0 Å². The van der Waals surface area contributed by atoms with E-state index >= 15 is 0 Å². The van der Waals surface area contributed by atoms with Gasteiger partial charge in [0.15, 0.2) is 0 Å². The summed E-state index contributed by atoms with van der Waals surface area (Å²) in [6.07, 6.45) is 2.09. The van der Waals surface area contributed by atoms with Gasteiger partial charge in [-0.05, 0) is 52.8 Å². The van der Waals surface area contributed by atoms with Crippen LogP contribution in [0.15, 0.2) is 89.7 Å². The number of hydrogen-bond donors (Lipinski definition) is 0. The van der Waals surface area contributed by atoms with Crippen molar-refractivity contribution in [1.82, 2.24) is 4.57 Å². The van der Waals surface area contributed by atoms with Crippen molar-refractivity contribution >= 4 is 10.9 Å². The minimum atomic E-state index is -0.0250. The maximum absolute atomic E-state index is 12.7. The lowest BCUT2D eigenvalue weighted by Crippen LogP contribution is -2.25. The second-order valence-electron chi connectivity index (χ2n) is 8.74. The van der Waals surface area contributed by atoms with E-state index in [4.69, 9.17) is 14.2 Å². The van der Waals surface area contributed by atoms with E-state index in [-0.39, 0.29) is 17.8 Å². The molecule has 1 aliphatic heterocycles. The van der Waals surface area contributed by atoms with E-state index in [1.54, 1.807) is 17.7 Å². The Morgan fingerprint density at radius 2 is 1.76 bits per heavy atom. The van der Waals surface area contributed by atoms with Crippen molar-refractivity contribution in [2.45, 2.75) is 38.2 Å². The molecule has 2 atom stereocenters. The van der Waals surface area contributed by atoms with Gasteiger partial charge in [0.2, 0.25) is 0 Å². The van der Waals surface area contributed by atoms with Crippen molar-refractivity contribution in [3.8, 4) is 5.75 Å². The highest BCUT2D eigenvalue weighted by Crippen LogP contribution is 2.30. The van der Waals surface area contributed by atoms with Crippen LogP contribution in [0.5, 0.6) is 5.75 Å². The quantitative estimate of drug-likeness (QED) is 0.369. The Bertz CT molecular complexity index is 1310. The molecule has 34 heavy (non-hydrogen) atoms. The Morgan fingerprint density at radius 3 is 2.62 bits per heavy atom. The predicted octanol–water partition coefficient (Wildman–Crippen LogP) is 5.50. The maximum atomic E-state index is 12.7. The van der Waals surface area contributed by atoms with Crippen LogP contribution in [0.25, 0.3) is 10.9 Å². The van der Waals surface area contributed by atoms with Crippen LogP contribution in [-0.4, -0.2) is 24.4 Å². The highest BCUT2D eigenvalue weighted by molar-refractivity contribution is 5.80. The minimum Gasteiger partial charge on any atom is -0.489 e. The summed E-state index contributed by atoms with van der Waals surface area (Å²) in [6.45, 7) is 1.67. The fraction of sp³-hybridized carbons (Fsp3) is 0.276. The van der Waals surface area contributed by atoms with Crippen LogP contribution in [0.3, 0.4) is 0 Å². The second-order valence-corrected chi connectivity index (χ2v) is 8.74. The molecule has 0 aliphatic carbocycles. The number of hydrogen-bond acceptors (Lipinski definition) is 4. The van der Waals surface area contributed by atoms with Crippen molar-refractivity contribution in [3.05, 3.63) is 112 Å². The van der Waals surface area contributed by atoms with Crippen molar-refractivity contribution in [3.63, 3.8) is 0 Å². The molecular weight excluding hydrogens is 426 g/mol. The average Bonchev–Trinajstić information content (AvgIpc) is 2.90. The predicted molar refractivity (Wildman–Crippen MR) is 133 cm³/mol. The summed E-state index contributed by atoms with van der Waals surface area (Å²) in [6, 6.07) is 27.8. The minimum absolute atomic E-state index is 0.0250. The third kappa shape index (κ3) is 5.06. The van der Waals surface area contributed by atoms with E-state index in [0.29, 0.717) is 19.8 Å². The molecule has 1 aromatic heterocycles. The number of methoxy groups -OCH3 is 1. The van der Waals surface area contributed by atoms with Gasteiger partial charge in [-0.3, -0.25) is 4.79 Å². The SMILES string of the molecule is COC1CCOC(c2cccc(COc3ccc4ccc(=O)n(Cc5ccccc5)c4c3)c2)C1.